The zero-order valence-electron chi connectivity index (χ0n) is 5.44. The minimum atomic E-state index is -4.22. The molecule has 0 unspecified atom stereocenters. The third-order valence-corrected chi connectivity index (χ3v) is 2.15. The summed E-state index contributed by atoms with van der Waals surface area (Å²) in [6.45, 7) is 0. The van der Waals surface area contributed by atoms with E-state index in [1.54, 1.807) is 6.07 Å². The number of hydrogen-bond acceptors (Lipinski definition) is 0. The van der Waals surface area contributed by atoms with Crippen LogP contribution in [0.25, 0.3) is 0 Å². The topological polar surface area (TPSA) is 0 Å². The quantitative estimate of drug-likeness (QED) is 0.578. The van der Waals surface area contributed by atoms with E-state index in [1.807, 2.05) is 0 Å². The first-order valence-corrected chi connectivity index (χ1v) is 3.94. The van der Waals surface area contributed by atoms with Crippen LogP contribution in [0.3, 0.4) is 0 Å². The van der Waals surface area contributed by atoms with Crippen molar-refractivity contribution in [1.82, 2.24) is 0 Å². The molecule has 0 saturated carbocycles. The molecule has 0 spiro atoms. The van der Waals surface area contributed by atoms with Gasteiger partial charge in [0.05, 0.1) is 0 Å². The van der Waals surface area contributed by atoms with Gasteiger partial charge in [-0.15, -0.1) is 0 Å². The first kappa shape index (κ1) is 8.65. The predicted molar refractivity (Wildman–Crippen MR) is 36.8 cm³/mol. The summed E-state index contributed by atoms with van der Waals surface area (Å²) >= 11 is 1.45. The van der Waals surface area contributed by atoms with Gasteiger partial charge in [-0.05, 0) is 0 Å². The standard InChI is InChI=1S/C7H4F3Ge/c8-7(9,10)5-3-1-2-4-6(5)11/h1-4H. The average molecular weight is 218 g/mol. The number of hydrogen-bond donors (Lipinski definition) is 0. The third-order valence-electron chi connectivity index (χ3n) is 1.23. The first-order chi connectivity index (χ1) is 5.02. The Bertz CT molecular complexity index is 254. The second-order valence-corrected chi connectivity index (χ2v) is 3.17. The minimum absolute atomic E-state index is 0.264. The molecule has 3 radical (unpaired) electrons. The summed E-state index contributed by atoms with van der Waals surface area (Å²) in [6, 6.07) is 5.50. The van der Waals surface area contributed by atoms with Gasteiger partial charge in [0.15, 0.2) is 0 Å². The van der Waals surface area contributed by atoms with E-state index in [0.29, 0.717) is 0 Å². The van der Waals surface area contributed by atoms with E-state index < -0.39 is 11.7 Å². The second-order valence-electron chi connectivity index (χ2n) is 2.04. The van der Waals surface area contributed by atoms with Gasteiger partial charge in [-0.25, -0.2) is 0 Å². The summed E-state index contributed by atoms with van der Waals surface area (Å²) in [5.41, 5.74) is -0.556. The van der Waals surface area contributed by atoms with Crippen molar-refractivity contribution in [2.24, 2.45) is 0 Å². The number of benzene rings is 1. The van der Waals surface area contributed by atoms with Gasteiger partial charge >= 0.3 is 70.1 Å². The Labute approximate surface area is 70.6 Å². The molecule has 11 heavy (non-hydrogen) atoms. The monoisotopic (exact) mass is 219 g/mol. The van der Waals surface area contributed by atoms with Crippen molar-refractivity contribution < 1.29 is 13.2 Å². The van der Waals surface area contributed by atoms with Crippen molar-refractivity contribution in [3.05, 3.63) is 29.8 Å². The van der Waals surface area contributed by atoms with Gasteiger partial charge in [-0.3, -0.25) is 0 Å². The molecule has 0 saturated heterocycles. The van der Waals surface area contributed by atoms with Crippen LogP contribution in [0, 0.1) is 0 Å². The summed E-state index contributed by atoms with van der Waals surface area (Å²) in [4.78, 5) is 0. The Balaban J connectivity index is 3.14. The average Bonchev–Trinajstić information content (AvgIpc) is 1.86. The van der Waals surface area contributed by atoms with E-state index in [2.05, 4.69) is 0 Å². The molecule has 0 bridgehead atoms. The molecule has 0 aliphatic carbocycles. The summed E-state index contributed by atoms with van der Waals surface area (Å²) in [5.74, 6) is 0. The van der Waals surface area contributed by atoms with Crippen molar-refractivity contribution >= 4 is 20.9 Å². The van der Waals surface area contributed by atoms with Crippen LogP contribution in [-0.4, -0.2) is 16.5 Å². The summed E-state index contributed by atoms with van der Waals surface area (Å²) in [7, 11) is 0. The molecule has 0 amide bonds. The number of halogens is 3. The van der Waals surface area contributed by atoms with Crippen molar-refractivity contribution in [2.45, 2.75) is 6.18 Å². The Morgan fingerprint density at radius 3 is 2.00 bits per heavy atom. The van der Waals surface area contributed by atoms with Crippen LogP contribution in [-0.2, 0) is 6.18 Å². The van der Waals surface area contributed by atoms with Gasteiger partial charge in [0, 0.05) is 0 Å². The van der Waals surface area contributed by atoms with Crippen LogP contribution in [0.1, 0.15) is 5.56 Å². The summed E-state index contributed by atoms with van der Waals surface area (Å²) in [5, 5.41) is 0. The van der Waals surface area contributed by atoms with Crippen LogP contribution in [0.4, 0.5) is 13.2 Å². The Kier molecular flexibility index (Phi) is 2.27. The molecule has 0 atom stereocenters. The first-order valence-electron chi connectivity index (χ1n) is 2.89. The van der Waals surface area contributed by atoms with Gasteiger partial charge in [0.25, 0.3) is 0 Å². The van der Waals surface area contributed by atoms with E-state index >= 15 is 0 Å². The van der Waals surface area contributed by atoms with Gasteiger partial charge in [0.1, 0.15) is 0 Å². The Morgan fingerprint density at radius 1 is 1.09 bits per heavy atom. The Morgan fingerprint density at radius 2 is 1.64 bits per heavy atom. The van der Waals surface area contributed by atoms with Crippen molar-refractivity contribution in [1.29, 1.82) is 0 Å². The fraction of sp³-hybridized carbons (Fsp3) is 0.143. The molecule has 0 aliphatic rings. The van der Waals surface area contributed by atoms with Gasteiger partial charge in [-0.2, -0.15) is 0 Å². The van der Waals surface area contributed by atoms with Crippen LogP contribution >= 0.6 is 0 Å². The van der Waals surface area contributed by atoms with E-state index in [4.69, 9.17) is 0 Å². The van der Waals surface area contributed by atoms with Crippen molar-refractivity contribution in [2.75, 3.05) is 0 Å². The fourth-order valence-corrected chi connectivity index (χ4v) is 1.40. The zero-order chi connectivity index (χ0) is 8.48. The molecule has 0 aliphatic heterocycles. The van der Waals surface area contributed by atoms with Gasteiger partial charge in [0.2, 0.25) is 0 Å². The zero-order valence-corrected chi connectivity index (χ0v) is 7.54. The molecular formula is C7H4F3Ge. The Hall–Kier alpha value is -0.447. The van der Waals surface area contributed by atoms with Crippen LogP contribution in [0.2, 0.25) is 0 Å². The van der Waals surface area contributed by atoms with Crippen LogP contribution < -0.4 is 4.40 Å². The van der Waals surface area contributed by atoms with E-state index in [9.17, 15) is 13.2 Å². The van der Waals surface area contributed by atoms with E-state index in [1.165, 1.54) is 28.6 Å². The second kappa shape index (κ2) is 2.89. The molecular weight excluding hydrogens is 214 g/mol. The van der Waals surface area contributed by atoms with Gasteiger partial charge in [-0.1, -0.05) is 0 Å². The third kappa shape index (κ3) is 1.99. The molecule has 4 heteroatoms. The molecule has 1 aromatic rings. The molecule has 1 aromatic carbocycles. The summed E-state index contributed by atoms with van der Waals surface area (Å²) < 4.78 is 36.4. The summed E-state index contributed by atoms with van der Waals surface area (Å²) in [6.07, 6.45) is -4.22. The molecule has 57 valence electrons. The maximum atomic E-state index is 12.0. The molecule has 0 N–H and O–H groups in total. The predicted octanol–water partition coefficient (Wildman–Crippen LogP) is 1.50. The number of alkyl halides is 3. The molecule has 0 aromatic heterocycles. The SMILES string of the molecule is FC(F)(F)c1cccc[c]1[Ge]. The fourth-order valence-electron chi connectivity index (χ4n) is 0.730. The van der Waals surface area contributed by atoms with Crippen LogP contribution in [0.5, 0.6) is 0 Å². The van der Waals surface area contributed by atoms with E-state index in [-0.39, 0.29) is 4.40 Å². The van der Waals surface area contributed by atoms with Crippen molar-refractivity contribution in [3.8, 4) is 0 Å². The molecule has 0 nitrogen and oxygen atoms in total. The molecule has 1 rings (SSSR count). The van der Waals surface area contributed by atoms with E-state index in [0.717, 1.165) is 6.07 Å². The van der Waals surface area contributed by atoms with Crippen molar-refractivity contribution in [3.63, 3.8) is 0 Å². The number of rotatable bonds is 0. The molecule has 0 fully saturated rings. The van der Waals surface area contributed by atoms with Crippen LogP contribution in [0.15, 0.2) is 24.3 Å². The van der Waals surface area contributed by atoms with Gasteiger partial charge < -0.3 is 0 Å². The maximum absolute atomic E-state index is 12.0. The normalized spacial score (nSPS) is 11.6. The molecule has 0 heterocycles.